The first-order valence-electron chi connectivity index (χ1n) is 7.45. The van der Waals surface area contributed by atoms with Gasteiger partial charge in [0.15, 0.2) is 0 Å². The highest BCUT2D eigenvalue weighted by Gasteiger charge is 2.54. The fraction of sp³-hybridized carbons (Fsp3) is 0.235. The Morgan fingerprint density at radius 3 is 2.39 bits per heavy atom. The van der Waals surface area contributed by atoms with E-state index in [0.717, 1.165) is 10.8 Å². The summed E-state index contributed by atoms with van der Waals surface area (Å²) in [7, 11) is 0. The Balaban J connectivity index is 1.99. The number of ether oxygens (including phenoxy) is 1. The molecule has 2 aromatic carbocycles. The topological polar surface area (TPSA) is 87.8 Å². The summed E-state index contributed by atoms with van der Waals surface area (Å²) in [5.41, 5.74) is 6.26. The van der Waals surface area contributed by atoms with E-state index in [2.05, 4.69) is 5.32 Å². The van der Waals surface area contributed by atoms with Gasteiger partial charge in [0, 0.05) is 12.2 Å². The SMILES string of the molecule is NC(=O)C1CCN(O)[C@@]1(Nc1ccccc1)Oc1ccccc1. The van der Waals surface area contributed by atoms with Crippen molar-refractivity contribution in [2.24, 2.45) is 11.7 Å². The lowest BCUT2D eigenvalue weighted by Crippen LogP contribution is -2.60. The molecule has 1 fully saturated rings. The van der Waals surface area contributed by atoms with Crippen LogP contribution in [0.25, 0.3) is 0 Å². The third-order valence-electron chi connectivity index (χ3n) is 3.94. The second-order valence-corrected chi connectivity index (χ2v) is 5.47. The predicted molar refractivity (Wildman–Crippen MR) is 85.7 cm³/mol. The van der Waals surface area contributed by atoms with Crippen molar-refractivity contribution in [3.8, 4) is 5.75 Å². The molecular weight excluding hydrogens is 294 g/mol. The Bertz CT molecular complexity index is 622. The number of primary amides is 1. The normalized spacial score (nSPS) is 24.3. The standard InChI is InChI=1S/C17H19N3O3/c18-16(21)15-11-12-20(22)17(15,19-13-7-3-1-4-8-13)23-14-9-5-2-6-10-14/h1-10,15,19,22H,11-12H2,(H2,18,21)/t15?,17-/m1/s1. The summed E-state index contributed by atoms with van der Waals surface area (Å²) in [6, 6.07) is 18.3. The van der Waals surface area contributed by atoms with Crippen molar-refractivity contribution in [2.45, 2.75) is 12.3 Å². The summed E-state index contributed by atoms with van der Waals surface area (Å²) in [4.78, 5) is 11.9. The van der Waals surface area contributed by atoms with Crippen LogP contribution in [0.3, 0.4) is 0 Å². The maximum Gasteiger partial charge on any atom is 0.273 e. The lowest BCUT2D eigenvalue weighted by atomic mass is 10.0. The van der Waals surface area contributed by atoms with Crippen LogP contribution in [0.5, 0.6) is 5.75 Å². The zero-order valence-electron chi connectivity index (χ0n) is 12.6. The van der Waals surface area contributed by atoms with Crippen LogP contribution < -0.4 is 15.8 Å². The predicted octanol–water partition coefficient (Wildman–Crippen LogP) is 2.03. The molecular formula is C17H19N3O3. The van der Waals surface area contributed by atoms with Gasteiger partial charge in [-0.15, -0.1) is 5.06 Å². The number of carbonyl (C=O) groups is 1. The number of nitrogens with zero attached hydrogens (tertiary/aromatic N) is 1. The molecule has 0 aliphatic carbocycles. The molecule has 6 heteroatoms. The van der Waals surface area contributed by atoms with E-state index in [1.807, 2.05) is 48.5 Å². The first-order chi connectivity index (χ1) is 11.1. The van der Waals surface area contributed by atoms with Crippen LogP contribution in [-0.2, 0) is 4.79 Å². The quantitative estimate of drug-likeness (QED) is 0.735. The molecule has 23 heavy (non-hydrogen) atoms. The number of nitrogens with one attached hydrogen (secondary N) is 1. The zero-order chi connectivity index (χ0) is 16.3. The van der Waals surface area contributed by atoms with E-state index in [1.54, 1.807) is 12.1 Å². The van der Waals surface area contributed by atoms with Crippen molar-refractivity contribution in [3.05, 3.63) is 60.7 Å². The van der Waals surface area contributed by atoms with Crippen LogP contribution in [0, 0.1) is 5.92 Å². The van der Waals surface area contributed by atoms with E-state index >= 15 is 0 Å². The smallest absolute Gasteiger partial charge is 0.273 e. The third-order valence-corrected chi connectivity index (χ3v) is 3.94. The Kier molecular flexibility index (Phi) is 4.18. The van der Waals surface area contributed by atoms with Crippen molar-refractivity contribution in [2.75, 3.05) is 11.9 Å². The highest BCUT2D eigenvalue weighted by atomic mass is 16.6. The second kappa shape index (κ2) is 6.28. The number of amides is 1. The van der Waals surface area contributed by atoms with Gasteiger partial charge in [0.05, 0.1) is 0 Å². The summed E-state index contributed by atoms with van der Waals surface area (Å²) < 4.78 is 6.02. The van der Waals surface area contributed by atoms with E-state index in [4.69, 9.17) is 10.5 Å². The summed E-state index contributed by atoms with van der Waals surface area (Å²) in [5, 5.41) is 14.6. The number of hydrogen-bond acceptors (Lipinski definition) is 5. The number of nitrogens with two attached hydrogens (primary N) is 1. The molecule has 1 unspecified atom stereocenters. The number of para-hydroxylation sites is 2. The number of anilines is 1. The van der Waals surface area contributed by atoms with Crippen LogP contribution in [0.15, 0.2) is 60.7 Å². The lowest BCUT2D eigenvalue weighted by Gasteiger charge is -2.39. The minimum atomic E-state index is -1.44. The molecule has 1 aliphatic rings. The van der Waals surface area contributed by atoms with Crippen LogP contribution in [0.1, 0.15) is 6.42 Å². The van der Waals surface area contributed by atoms with Gasteiger partial charge in [-0.1, -0.05) is 36.4 Å². The highest BCUT2D eigenvalue weighted by molar-refractivity contribution is 5.79. The van der Waals surface area contributed by atoms with Gasteiger partial charge in [-0.05, 0) is 30.7 Å². The zero-order valence-corrected chi connectivity index (χ0v) is 12.6. The fourth-order valence-electron chi connectivity index (χ4n) is 2.83. The van der Waals surface area contributed by atoms with Crippen molar-refractivity contribution in [3.63, 3.8) is 0 Å². The maximum absolute atomic E-state index is 11.9. The first-order valence-corrected chi connectivity index (χ1v) is 7.45. The Hall–Kier alpha value is -2.57. The molecule has 120 valence electrons. The van der Waals surface area contributed by atoms with Gasteiger partial charge in [-0.2, -0.15) is 0 Å². The molecule has 4 N–H and O–H groups in total. The van der Waals surface area contributed by atoms with Gasteiger partial charge < -0.3 is 21.0 Å². The number of hydrogen-bond donors (Lipinski definition) is 3. The molecule has 0 saturated carbocycles. The van der Waals surface area contributed by atoms with Crippen molar-refractivity contribution in [1.82, 2.24) is 5.06 Å². The van der Waals surface area contributed by atoms with Gasteiger partial charge in [-0.25, -0.2) is 0 Å². The summed E-state index contributed by atoms with van der Waals surface area (Å²) in [5.74, 6) is -2.13. The Morgan fingerprint density at radius 2 is 1.78 bits per heavy atom. The van der Waals surface area contributed by atoms with E-state index < -0.39 is 17.7 Å². The van der Waals surface area contributed by atoms with Crippen LogP contribution >= 0.6 is 0 Å². The van der Waals surface area contributed by atoms with Crippen molar-refractivity contribution >= 4 is 11.6 Å². The van der Waals surface area contributed by atoms with Crippen LogP contribution in [-0.4, -0.2) is 28.6 Å². The lowest BCUT2D eigenvalue weighted by molar-refractivity contribution is -0.223. The van der Waals surface area contributed by atoms with Crippen molar-refractivity contribution in [1.29, 1.82) is 0 Å². The minimum absolute atomic E-state index is 0.278. The molecule has 1 saturated heterocycles. The second-order valence-electron chi connectivity index (χ2n) is 5.47. The molecule has 0 aromatic heterocycles. The first kappa shape index (κ1) is 15.3. The third kappa shape index (κ3) is 2.99. The molecule has 0 radical (unpaired) electrons. The molecule has 6 nitrogen and oxygen atoms in total. The maximum atomic E-state index is 11.9. The summed E-state index contributed by atoms with van der Waals surface area (Å²) >= 11 is 0. The van der Waals surface area contributed by atoms with Crippen LogP contribution in [0.4, 0.5) is 5.69 Å². The van der Waals surface area contributed by atoms with Crippen molar-refractivity contribution < 1.29 is 14.7 Å². The van der Waals surface area contributed by atoms with E-state index in [0.29, 0.717) is 12.2 Å². The molecule has 1 aliphatic heterocycles. The number of hydroxylamine groups is 2. The monoisotopic (exact) mass is 313 g/mol. The molecule has 0 bridgehead atoms. The van der Waals surface area contributed by atoms with Gasteiger partial charge in [0.2, 0.25) is 5.91 Å². The highest BCUT2D eigenvalue weighted by Crippen LogP contribution is 2.36. The average Bonchev–Trinajstić information content (AvgIpc) is 2.86. The number of carbonyl (C=O) groups excluding carboxylic acids is 1. The van der Waals surface area contributed by atoms with Gasteiger partial charge in [0.1, 0.15) is 11.7 Å². The number of benzene rings is 2. The largest absolute Gasteiger partial charge is 0.452 e. The van der Waals surface area contributed by atoms with Gasteiger partial charge in [-0.3, -0.25) is 4.79 Å². The molecule has 0 spiro atoms. The Morgan fingerprint density at radius 1 is 1.17 bits per heavy atom. The van der Waals surface area contributed by atoms with E-state index in [1.165, 1.54) is 0 Å². The van der Waals surface area contributed by atoms with E-state index in [9.17, 15) is 10.0 Å². The van der Waals surface area contributed by atoms with Gasteiger partial charge >= 0.3 is 0 Å². The summed E-state index contributed by atoms with van der Waals surface area (Å²) in [6.07, 6.45) is 0.401. The molecule has 3 rings (SSSR count). The van der Waals surface area contributed by atoms with E-state index in [-0.39, 0.29) is 6.54 Å². The molecule has 1 amide bonds. The van der Waals surface area contributed by atoms with Gasteiger partial charge in [0.25, 0.3) is 5.85 Å². The molecule has 2 aromatic rings. The molecule has 2 atom stereocenters. The Labute approximate surface area is 134 Å². The minimum Gasteiger partial charge on any atom is -0.452 e. The number of rotatable bonds is 5. The average molecular weight is 313 g/mol. The molecule has 1 heterocycles. The van der Waals surface area contributed by atoms with Crippen LogP contribution in [0.2, 0.25) is 0 Å². The summed E-state index contributed by atoms with van der Waals surface area (Å²) in [6.45, 7) is 0.278. The fourth-order valence-corrected chi connectivity index (χ4v) is 2.83.